The third-order valence-corrected chi connectivity index (χ3v) is 6.95. The first kappa shape index (κ1) is 12.9. The third-order valence-electron chi connectivity index (χ3n) is 6.95. The molecule has 1 spiro atoms. The highest BCUT2D eigenvalue weighted by atomic mass is 16.7. The average molecular weight is 291 g/mol. The summed E-state index contributed by atoms with van der Waals surface area (Å²) >= 11 is 0. The molecule has 1 N–H and O–H groups in total. The molecular weight excluding hydrogens is 266 g/mol. The van der Waals surface area contributed by atoms with Gasteiger partial charge in [0.25, 0.3) is 0 Å². The van der Waals surface area contributed by atoms with Crippen LogP contribution in [0.2, 0.25) is 0 Å². The van der Waals surface area contributed by atoms with E-state index >= 15 is 0 Å². The Balaban J connectivity index is 1.16. The average Bonchev–Trinajstić information content (AvgIpc) is 2.84. The van der Waals surface area contributed by atoms with E-state index < -0.39 is 0 Å². The normalized spacial score (nSPS) is 46.8. The molecule has 5 aliphatic rings. The lowest BCUT2D eigenvalue weighted by molar-refractivity contribution is -0.180. The van der Waals surface area contributed by atoms with Crippen molar-refractivity contribution in [1.82, 2.24) is 5.32 Å². The minimum absolute atomic E-state index is 0.309. The molecule has 1 saturated heterocycles. The molecule has 116 valence electrons. The quantitative estimate of drug-likeness (QED) is 0.847. The van der Waals surface area contributed by atoms with Gasteiger partial charge in [-0.05, 0) is 55.8 Å². The summed E-state index contributed by atoms with van der Waals surface area (Å²) in [5.74, 6) is 3.68. The predicted molar refractivity (Wildman–Crippen MR) is 76.3 cm³/mol. The summed E-state index contributed by atoms with van der Waals surface area (Å²) in [5, 5.41) is 3.33. The van der Waals surface area contributed by atoms with Crippen LogP contribution in [-0.2, 0) is 14.3 Å². The monoisotopic (exact) mass is 291 g/mol. The van der Waals surface area contributed by atoms with Crippen LogP contribution in [0.5, 0.6) is 0 Å². The third kappa shape index (κ3) is 1.91. The minimum atomic E-state index is -0.309. The van der Waals surface area contributed by atoms with Crippen molar-refractivity contribution in [3.63, 3.8) is 0 Å². The molecule has 0 aromatic carbocycles. The van der Waals surface area contributed by atoms with Gasteiger partial charge >= 0.3 is 0 Å². The van der Waals surface area contributed by atoms with Gasteiger partial charge < -0.3 is 14.8 Å². The van der Waals surface area contributed by atoms with Gasteiger partial charge in [0.1, 0.15) is 0 Å². The Morgan fingerprint density at radius 1 is 0.952 bits per heavy atom. The number of hydrogen-bond donors (Lipinski definition) is 1. The van der Waals surface area contributed by atoms with Crippen molar-refractivity contribution in [2.24, 2.45) is 29.6 Å². The first-order valence-corrected chi connectivity index (χ1v) is 8.84. The second-order valence-electron chi connectivity index (χ2n) is 7.90. The molecule has 4 aliphatic carbocycles. The lowest BCUT2D eigenvalue weighted by atomic mass is 9.89. The van der Waals surface area contributed by atoms with E-state index in [2.05, 4.69) is 5.32 Å². The van der Waals surface area contributed by atoms with Crippen LogP contribution in [0, 0.1) is 29.6 Å². The maximum absolute atomic E-state index is 12.5. The Labute approximate surface area is 125 Å². The lowest BCUT2D eigenvalue weighted by Gasteiger charge is -2.35. The standard InChI is InChI=1S/C17H25NO3/c19-16(15-13-10-1-2-11(9-10)14(13)15)18-12-3-5-17(6-4-12)20-7-8-21-17/h10-15H,1-9H2,(H,18,19). The molecule has 1 heterocycles. The van der Waals surface area contributed by atoms with Gasteiger partial charge in [-0.2, -0.15) is 0 Å². The molecule has 4 nitrogen and oxygen atoms in total. The molecule has 2 bridgehead atoms. The van der Waals surface area contributed by atoms with Gasteiger partial charge in [0.05, 0.1) is 13.2 Å². The number of carbonyl (C=O) groups excluding carboxylic acids is 1. The van der Waals surface area contributed by atoms with Gasteiger partial charge in [-0.25, -0.2) is 0 Å². The fraction of sp³-hybridized carbons (Fsp3) is 0.941. The molecule has 4 unspecified atom stereocenters. The molecule has 0 aromatic heterocycles. The first-order valence-electron chi connectivity index (χ1n) is 8.84. The van der Waals surface area contributed by atoms with Crippen molar-refractivity contribution in [2.45, 2.75) is 56.8 Å². The van der Waals surface area contributed by atoms with Crippen molar-refractivity contribution < 1.29 is 14.3 Å². The number of ether oxygens (including phenoxy) is 2. The zero-order chi connectivity index (χ0) is 14.0. The van der Waals surface area contributed by atoms with Crippen LogP contribution < -0.4 is 5.32 Å². The van der Waals surface area contributed by atoms with E-state index in [1.807, 2.05) is 0 Å². The van der Waals surface area contributed by atoms with E-state index in [1.165, 1.54) is 19.3 Å². The van der Waals surface area contributed by atoms with Gasteiger partial charge in [-0.3, -0.25) is 4.79 Å². The van der Waals surface area contributed by atoms with E-state index in [-0.39, 0.29) is 5.79 Å². The molecule has 4 heteroatoms. The smallest absolute Gasteiger partial charge is 0.223 e. The molecule has 4 saturated carbocycles. The predicted octanol–water partition coefficient (Wildman–Crippen LogP) is 2.08. The number of hydrogen-bond acceptors (Lipinski definition) is 3. The summed E-state index contributed by atoms with van der Waals surface area (Å²) in [5.41, 5.74) is 0. The molecule has 0 radical (unpaired) electrons. The van der Waals surface area contributed by atoms with E-state index in [1.54, 1.807) is 0 Å². The van der Waals surface area contributed by atoms with Crippen LogP contribution >= 0.6 is 0 Å². The summed E-state index contributed by atoms with van der Waals surface area (Å²) < 4.78 is 11.5. The molecule has 21 heavy (non-hydrogen) atoms. The van der Waals surface area contributed by atoms with Crippen molar-refractivity contribution in [1.29, 1.82) is 0 Å². The van der Waals surface area contributed by atoms with E-state index in [0.29, 0.717) is 17.9 Å². The fourth-order valence-electron chi connectivity index (χ4n) is 5.96. The Morgan fingerprint density at radius 3 is 2.19 bits per heavy atom. The van der Waals surface area contributed by atoms with E-state index in [0.717, 1.165) is 62.6 Å². The van der Waals surface area contributed by atoms with Crippen LogP contribution in [0.1, 0.15) is 44.9 Å². The maximum atomic E-state index is 12.5. The van der Waals surface area contributed by atoms with Crippen LogP contribution in [0.25, 0.3) is 0 Å². The second-order valence-corrected chi connectivity index (χ2v) is 7.90. The Hall–Kier alpha value is -0.610. The molecule has 5 rings (SSSR count). The summed E-state index contributed by atoms with van der Waals surface area (Å²) in [6, 6.07) is 0.343. The zero-order valence-corrected chi connectivity index (χ0v) is 12.6. The Bertz CT molecular complexity index is 433. The zero-order valence-electron chi connectivity index (χ0n) is 12.6. The van der Waals surface area contributed by atoms with Crippen molar-refractivity contribution in [2.75, 3.05) is 13.2 Å². The van der Waals surface area contributed by atoms with Crippen molar-refractivity contribution >= 4 is 5.91 Å². The highest BCUT2D eigenvalue weighted by Crippen LogP contribution is 2.69. The van der Waals surface area contributed by atoms with E-state index in [9.17, 15) is 4.79 Å². The summed E-state index contributed by atoms with van der Waals surface area (Å²) in [7, 11) is 0. The Morgan fingerprint density at radius 2 is 1.57 bits per heavy atom. The summed E-state index contributed by atoms with van der Waals surface area (Å²) in [6.45, 7) is 1.45. The Kier molecular flexibility index (Phi) is 2.73. The largest absolute Gasteiger partial charge is 0.353 e. The fourth-order valence-corrected chi connectivity index (χ4v) is 5.96. The van der Waals surface area contributed by atoms with Gasteiger partial charge in [-0.15, -0.1) is 0 Å². The van der Waals surface area contributed by atoms with Gasteiger partial charge in [0.15, 0.2) is 5.79 Å². The topological polar surface area (TPSA) is 47.6 Å². The highest BCUT2D eigenvalue weighted by molar-refractivity contribution is 5.83. The number of amides is 1. The van der Waals surface area contributed by atoms with Crippen LogP contribution in [0.4, 0.5) is 0 Å². The molecule has 1 aliphatic heterocycles. The van der Waals surface area contributed by atoms with Crippen LogP contribution in [0.3, 0.4) is 0 Å². The molecule has 0 aromatic rings. The maximum Gasteiger partial charge on any atom is 0.223 e. The molecular formula is C17H25NO3. The van der Waals surface area contributed by atoms with E-state index in [4.69, 9.17) is 9.47 Å². The molecule has 4 atom stereocenters. The second kappa shape index (κ2) is 4.45. The van der Waals surface area contributed by atoms with Gasteiger partial charge in [0, 0.05) is 24.8 Å². The number of rotatable bonds is 2. The summed E-state index contributed by atoms with van der Waals surface area (Å²) in [6.07, 6.45) is 8.05. The van der Waals surface area contributed by atoms with Crippen LogP contribution in [-0.4, -0.2) is 30.9 Å². The van der Waals surface area contributed by atoms with Gasteiger partial charge in [-0.1, -0.05) is 0 Å². The van der Waals surface area contributed by atoms with Gasteiger partial charge in [0.2, 0.25) is 5.91 Å². The number of carbonyl (C=O) groups is 1. The van der Waals surface area contributed by atoms with Crippen molar-refractivity contribution in [3.05, 3.63) is 0 Å². The number of nitrogens with one attached hydrogen (secondary N) is 1. The number of fused-ring (bicyclic) bond motifs is 5. The van der Waals surface area contributed by atoms with Crippen LogP contribution in [0.15, 0.2) is 0 Å². The highest BCUT2D eigenvalue weighted by Gasteiger charge is 2.67. The van der Waals surface area contributed by atoms with Crippen molar-refractivity contribution in [3.8, 4) is 0 Å². The SMILES string of the molecule is O=C(NC1CCC2(CC1)OCCO2)C1C2C3CCC(C3)C12. The molecule has 1 amide bonds. The molecule has 5 fully saturated rings. The lowest BCUT2D eigenvalue weighted by Crippen LogP contribution is -2.44. The minimum Gasteiger partial charge on any atom is -0.353 e. The first-order chi connectivity index (χ1) is 10.3. The summed E-state index contributed by atoms with van der Waals surface area (Å²) in [4.78, 5) is 12.5.